The molecule has 0 bridgehead atoms. The first-order valence-electron chi connectivity index (χ1n) is 3.81. The Morgan fingerprint density at radius 3 is 2.92 bits per heavy atom. The van der Waals surface area contributed by atoms with E-state index in [9.17, 15) is 4.79 Å². The molecule has 1 aliphatic heterocycles. The monoisotopic (exact) mass is 166 g/mol. The van der Waals surface area contributed by atoms with Crippen LogP contribution >= 0.6 is 0 Å². The number of hydrogen-bond acceptors (Lipinski definition) is 2. The topological polar surface area (TPSA) is 52.2 Å². The van der Waals surface area contributed by atoms with Gasteiger partial charge < -0.3 is 4.90 Å². The molecule has 0 saturated carbocycles. The van der Waals surface area contributed by atoms with Crippen molar-refractivity contribution in [2.45, 2.75) is 0 Å². The fourth-order valence-corrected chi connectivity index (χ4v) is 1.27. The van der Waals surface area contributed by atoms with Crippen LogP contribution in [0, 0.1) is 0 Å². The van der Waals surface area contributed by atoms with Gasteiger partial charge >= 0.3 is 6.03 Å². The molecular formula is C7H10N4O. The summed E-state index contributed by atoms with van der Waals surface area (Å²) in [5.41, 5.74) is 0. The van der Waals surface area contributed by atoms with Gasteiger partial charge in [-0.1, -0.05) is 0 Å². The number of aromatic nitrogens is 2. The van der Waals surface area contributed by atoms with Crippen molar-refractivity contribution in [1.29, 1.82) is 0 Å². The SMILES string of the molecule is CN1CCN(c2ccn[nH]2)C1=O. The van der Waals surface area contributed by atoms with Gasteiger partial charge in [-0.15, -0.1) is 0 Å². The normalized spacial score (nSPS) is 17.6. The van der Waals surface area contributed by atoms with Gasteiger partial charge in [-0.25, -0.2) is 4.79 Å². The summed E-state index contributed by atoms with van der Waals surface area (Å²) in [6.45, 7) is 1.51. The number of hydrogen-bond donors (Lipinski definition) is 1. The van der Waals surface area contributed by atoms with Gasteiger partial charge in [-0.3, -0.25) is 10.00 Å². The number of rotatable bonds is 1. The van der Waals surface area contributed by atoms with E-state index in [0.29, 0.717) is 0 Å². The van der Waals surface area contributed by atoms with E-state index < -0.39 is 0 Å². The second-order valence-corrected chi connectivity index (χ2v) is 2.80. The standard InChI is InChI=1S/C7H10N4O/c1-10-4-5-11(7(10)12)6-2-3-8-9-6/h2-3H,4-5H2,1H3,(H,8,9). The highest BCUT2D eigenvalue weighted by Crippen LogP contribution is 2.14. The third kappa shape index (κ3) is 0.939. The molecule has 0 radical (unpaired) electrons. The second kappa shape index (κ2) is 2.51. The summed E-state index contributed by atoms with van der Waals surface area (Å²) >= 11 is 0. The lowest BCUT2D eigenvalue weighted by atomic mass is 10.5. The predicted molar refractivity (Wildman–Crippen MR) is 44.0 cm³/mol. The molecular weight excluding hydrogens is 156 g/mol. The number of likely N-dealkylation sites (N-methyl/N-ethyl adjacent to an activating group) is 1. The Labute approximate surface area is 70.0 Å². The third-order valence-corrected chi connectivity index (χ3v) is 1.99. The molecule has 1 saturated heterocycles. The molecule has 1 aliphatic rings. The molecule has 12 heavy (non-hydrogen) atoms. The van der Waals surface area contributed by atoms with Crippen LogP contribution in [0.5, 0.6) is 0 Å². The molecule has 5 heteroatoms. The average molecular weight is 166 g/mol. The van der Waals surface area contributed by atoms with Crippen LogP contribution in [0.1, 0.15) is 0 Å². The molecule has 0 aromatic carbocycles. The van der Waals surface area contributed by atoms with E-state index in [4.69, 9.17) is 0 Å². The van der Waals surface area contributed by atoms with E-state index in [-0.39, 0.29) is 6.03 Å². The number of nitrogens with one attached hydrogen (secondary N) is 1. The number of nitrogens with zero attached hydrogens (tertiary/aromatic N) is 3. The van der Waals surface area contributed by atoms with Crippen molar-refractivity contribution >= 4 is 11.8 Å². The average Bonchev–Trinajstić information content (AvgIpc) is 2.64. The van der Waals surface area contributed by atoms with Crippen LogP contribution in [0.3, 0.4) is 0 Å². The summed E-state index contributed by atoms with van der Waals surface area (Å²) in [5.74, 6) is 0.768. The first-order chi connectivity index (χ1) is 5.79. The molecule has 64 valence electrons. The Morgan fingerprint density at radius 1 is 1.58 bits per heavy atom. The van der Waals surface area contributed by atoms with Crippen LogP contribution in [-0.4, -0.2) is 41.3 Å². The van der Waals surface area contributed by atoms with E-state index in [2.05, 4.69) is 10.2 Å². The summed E-state index contributed by atoms with van der Waals surface area (Å²) in [7, 11) is 1.79. The first-order valence-corrected chi connectivity index (χ1v) is 3.81. The van der Waals surface area contributed by atoms with Crippen molar-refractivity contribution in [3.8, 4) is 0 Å². The smallest absolute Gasteiger partial charge is 0.325 e. The minimum absolute atomic E-state index is 0.0271. The van der Waals surface area contributed by atoms with Gasteiger partial charge in [0.2, 0.25) is 0 Å². The van der Waals surface area contributed by atoms with Crippen LogP contribution in [0.15, 0.2) is 12.3 Å². The molecule has 1 aromatic heterocycles. The van der Waals surface area contributed by atoms with Crippen molar-refractivity contribution in [2.24, 2.45) is 0 Å². The fraction of sp³-hybridized carbons (Fsp3) is 0.429. The Balaban J connectivity index is 2.22. The molecule has 5 nitrogen and oxygen atoms in total. The molecule has 2 rings (SSSR count). The number of carbonyl (C=O) groups is 1. The minimum atomic E-state index is 0.0271. The maximum absolute atomic E-state index is 11.4. The van der Waals surface area contributed by atoms with Crippen LogP contribution < -0.4 is 4.90 Å². The number of anilines is 1. The van der Waals surface area contributed by atoms with Crippen LogP contribution in [0.25, 0.3) is 0 Å². The Hall–Kier alpha value is -1.52. The Morgan fingerprint density at radius 2 is 2.42 bits per heavy atom. The maximum atomic E-state index is 11.4. The van der Waals surface area contributed by atoms with Crippen molar-refractivity contribution in [3.05, 3.63) is 12.3 Å². The highest BCUT2D eigenvalue weighted by molar-refractivity contribution is 5.92. The largest absolute Gasteiger partial charge is 0.326 e. The lowest BCUT2D eigenvalue weighted by Crippen LogP contribution is -2.29. The van der Waals surface area contributed by atoms with Gasteiger partial charge in [-0.2, -0.15) is 5.10 Å². The first kappa shape index (κ1) is 7.15. The summed E-state index contributed by atoms with van der Waals surface area (Å²) in [6.07, 6.45) is 1.64. The van der Waals surface area contributed by atoms with E-state index in [1.165, 1.54) is 0 Å². The summed E-state index contributed by atoms with van der Waals surface area (Å²) in [6, 6.07) is 1.82. The zero-order valence-corrected chi connectivity index (χ0v) is 6.82. The summed E-state index contributed by atoms with van der Waals surface area (Å²) in [5, 5.41) is 6.55. The molecule has 2 amide bonds. The molecule has 1 N–H and O–H groups in total. The molecule has 0 spiro atoms. The van der Waals surface area contributed by atoms with E-state index in [0.717, 1.165) is 18.9 Å². The van der Waals surface area contributed by atoms with Crippen LogP contribution in [-0.2, 0) is 0 Å². The Kier molecular flexibility index (Phi) is 1.49. The van der Waals surface area contributed by atoms with Crippen LogP contribution in [0.4, 0.5) is 10.6 Å². The van der Waals surface area contributed by atoms with Gasteiger partial charge in [0.1, 0.15) is 5.82 Å². The highest BCUT2D eigenvalue weighted by Gasteiger charge is 2.26. The Bertz CT molecular complexity index is 282. The number of H-pyrrole nitrogens is 1. The molecule has 0 aliphatic carbocycles. The second-order valence-electron chi connectivity index (χ2n) is 2.80. The van der Waals surface area contributed by atoms with Crippen LogP contribution in [0.2, 0.25) is 0 Å². The number of aromatic amines is 1. The van der Waals surface area contributed by atoms with E-state index in [1.54, 1.807) is 29.1 Å². The summed E-state index contributed by atoms with van der Waals surface area (Å²) in [4.78, 5) is 14.8. The van der Waals surface area contributed by atoms with Crippen molar-refractivity contribution in [1.82, 2.24) is 15.1 Å². The number of amides is 2. The molecule has 0 atom stereocenters. The van der Waals surface area contributed by atoms with Gasteiger partial charge in [0.25, 0.3) is 0 Å². The lowest BCUT2D eigenvalue weighted by molar-refractivity contribution is 0.229. The highest BCUT2D eigenvalue weighted by atomic mass is 16.2. The predicted octanol–water partition coefficient (Wildman–Crippen LogP) is 0.281. The summed E-state index contributed by atoms with van der Waals surface area (Å²) < 4.78 is 0. The fourth-order valence-electron chi connectivity index (χ4n) is 1.27. The number of carbonyl (C=O) groups excluding carboxylic acids is 1. The zero-order valence-electron chi connectivity index (χ0n) is 6.82. The number of urea groups is 1. The van der Waals surface area contributed by atoms with Crippen molar-refractivity contribution in [2.75, 3.05) is 25.0 Å². The van der Waals surface area contributed by atoms with E-state index in [1.807, 2.05) is 0 Å². The van der Waals surface area contributed by atoms with Gasteiger partial charge in [0.05, 0.1) is 6.20 Å². The maximum Gasteiger partial charge on any atom is 0.325 e. The van der Waals surface area contributed by atoms with Crippen molar-refractivity contribution < 1.29 is 4.79 Å². The van der Waals surface area contributed by atoms with E-state index >= 15 is 0 Å². The molecule has 2 heterocycles. The van der Waals surface area contributed by atoms with Crippen molar-refractivity contribution in [3.63, 3.8) is 0 Å². The zero-order chi connectivity index (χ0) is 8.55. The van der Waals surface area contributed by atoms with Gasteiger partial charge in [0.15, 0.2) is 0 Å². The molecule has 0 unspecified atom stereocenters. The lowest BCUT2D eigenvalue weighted by Gasteiger charge is -2.12. The molecule has 1 aromatic rings. The van der Waals surface area contributed by atoms with Gasteiger partial charge in [-0.05, 0) is 0 Å². The minimum Gasteiger partial charge on any atom is -0.326 e. The third-order valence-electron chi connectivity index (χ3n) is 1.99. The molecule has 1 fully saturated rings. The van der Waals surface area contributed by atoms with Gasteiger partial charge in [0, 0.05) is 26.2 Å². The quantitative estimate of drug-likeness (QED) is 0.651.